The van der Waals surface area contributed by atoms with Crippen LogP contribution < -0.4 is 0 Å². The molecule has 2 heterocycles. The number of carbonyl (C=O) groups is 2. The first-order chi connectivity index (χ1) is 8.90. The molecule has 0 amide bonds. The molecule has 19 heavy (non-hydrogen) atoms. The lowest BCUT2D eigenvalue weighted by Gasteiger charge is -1.95. The molecular weight excluding hydrogens is 252 g/mol. The highest BCUT2D eigenvalue weighted by atomic mass is 16.6. The van der Waals surface area contributed by atoms with Crippen molar-refractivity contribution in [2.75, 3.05) is 13.2 Å². The normalized spacial score (nSPS) is 22.7. The fourth-order valence-electron chi connectivity index (χ4n) is 1.22. The van der Waals surface area contributed by atoms with Crippen molar-refractivity contribution in [1.82, 2.24) is 0 Å². The second-order valence-electron chi connectivity index (χ2n) is 4.47. The molecule has 2 rings (SSSR count). The average Bonchev–Trinajstić information content (AvgIpc) is 3.20. The van der Waals surface area contributed by atoms with Crippen LogP contribution in [0.4, 0.5) is 0 Å². The molecule has 2 fully saturated rings. The van der Waals surface area contributed by atoms with Gasteiger partial charge in [0.25, 0.3) is 0 Å². The van der Waals surface area contributed by atoms with Gasteiger partial charge in [0.2, 0.25) is 0 Å². The van der Waals surface area contributed by atoms with E-state index in [2.05, 4.69) is 13.2 Å². The summed E-state index contributed by atoms with van der Waals surface area (Å²) in [4.78, 5) is 20.3. The highest BCUT2D eigenvalue weighted by Gasteiger charge is 2.25. The molecule has 2 saturated heterocycles. The molecule has 0 aromatic heterocycles. The van der Waals surface area contributed by atoms with Gasteiger partial charge in [-0.25, -0.2) is 9.59 Å². The van der Waals surface area contributed by atoms with Crippen LogP contribution in [-0.2, 0) is 19.1 Å². The lowest BCUT2D eigenvalue weighted by Crippen LogP contribution is -2.01. The smallest absolute Gasteiger partial charge is 0.331 e. The number of aliphatic carboxylic acids is 2. The lowest BCUT2D eigenvalue weighted by molar-refractivity contribution is -0.133. The highest BCUT2D eigenvalue weighted by molar-refractivity contribution is 5.86. The first-order valence-corrected chi connectivity index (χ1v) is 5.95. The van der Waals surface area contributed by atoms with Crippen molar-refractivity contribution in [2.24, 2.45) is 0 Å². The molecule has 2 aliphatic rings. The molecule has 0 bridgehead atoms. The monoisotopic (exact) mass is 270 g/mol. The maximum atomic E-state index is 10.2. The van der Waals surface area contributed by atoms with Gasteiger partial charge in [-0.05, 0) is 12.8 Å². The Bertz CT molecular complexity index is 379. The van der Waals surface area contributed by atoms with Crippen LogP contribution in [0.5, 0.6) is 0 Å². The summed E-state index contributed by atoms with van der Waals surface area (Å²) >= 11 is 0. The molecule has 2 aliphatic heterocycles. The summed E-state index contributed by atoms with van der Waals surface area (Å²) in [6, 6.07) is 0. The van der Waals surface area contributed by atoms with E-state index >= 15 is 0 Å². The second kappa shape index (κ2) is 7.06. The van der Waals surface area contributed by atoms with E-state index in [-0.39, 0.29) is 17.3 Å². The van der Waals surface area contributed by atoms with Gasteiger partial charge in [0.1, 0.15) is 0 Å². The van der Waals surface area contributed by atoms with Gasteiger partial charge < -0.3 is 19.7 Å². The molecule has 0 saturated carbocycles. The topological polar surface area (TPSA) is 99.7 Å². The number of carboxylic acids is 2. The molecule has 6 heteroatoms. The Hall–Kier alpha value is -1.66. The molecule has 106 valence electrons. The fourth-order valence-corrected chi connectivity index (χ4v) is 1.22. The predicted molar refractivity (Wildman–Crippen MR) is 66.9 cm³/mol. The van der Waals surface area contributed by atoms with Crippen LogP contribution >= 0.6 is 0 Å². The second-order valence-corrected chi connectivity index (χ2v) is 4.47. The predicted octanol–water partition coefficient (Wildman–Crippen LogP) is 1.22. The first-order valence-electron chi connectivity index (χ1n) is 5.95. The summed E-state index contributed by atoms with van der Waals surface area (Å²) in [7, 11) is 0. The van der Waals surface area contributed by atoms with E-state index in [1.54, 1.807) is 0 Å². The lowest BCUT2D eigenvalue weighted by atomic mass is 10.1. The van der Waals surface area contributed by atoms with Gasteiger partial charge in [-0.3, -0.25) is 0 Å². The maximum absolute atomic E-state index is 10.2. The summed E-state index contributed by atoms with van der Waals surface area (Å²) in [6.07, 6.45) is 2.24. The van der Waals surface area contributed by atoms with Crippen molar-refractivity contribution in [3.63, 3.8) is 0 Å². The molecule has 0 aromatic rings. The third-order valence-electron chi connectivity index (χ3n) is 2.65. The zero-order chi connectivity index (χ0) is 14.4. The molecular formula is C13H18O6. The number of hydrogen-bond donors (Lipinski definition) is 2. The molecule has 0 radical (unpaired) electrons. The molecule has 2 unspecified atom stereocenters. The van der Waals surface area contributed by atoms with E-state index in [1.165, 1.54) is 0 Å². The third-order valence-corrected chi connectivity index (χ3v) is 2.65. The Labute approximate surface area is 111 Å². The Morgan fingerprint density at radius 2 is 1.47 bits per heavy atom. The summed E-state index contributed by atoms with van der Waals surface area (Å²) in [6.45, 7) is 8.23. The summed E-state index contributed by atoms with van der Waals surface area (Å²) < 4.78 is 9.71. The molecule has 0 spiro atoms. The van der Waals surface area contributed by atoms with E-state index < -0.39 is 11.9 Å². The van der Waals surface area contributed by atoms with Crippen LogP contribution in [0.3, 0.4) is 0 Å². The van der Waals surface area contributed by atoms with Crippen molar-refractivity contribution in [3.8, 4) is 0 Å². The molecule has 0 aromatic carbocycles. The first kappa shape index (κ1) is 15.4. The summed E-state index contributed by atoms with van der Waals surface area (Å²) in [5, 5.41) is 16.7. The van der Waals surface area contributed by atoms with Gasteiger partial charge in [0.05, 0.1) is 25.4 Å². The number of hydrogen-bond acceptors (Lipinski definition) is 4. The van der Waals surface area contributed by atoms with Gasteiger partial charge in [-0.2, -0.15) is 0 Å². The Morgan fingerprint density at radius 3 is 1.84 bits per heavy atom. The number of epoxide rings is 2. The number of ether oxygens (including phenoxy) is 2. The standard InChI is InChI=1S/C7H10O3.C6H8O3/c1-5(7(8)9)2-3-6-4-10-6;1-4(6(7)8)2-5-3-9-5/h6H,1-4H2,(H,8,9);5H,1-3H2,(H,7,8). The van der Waals surface area contributed by atoms with Crippen molar-refractivity contribution in [1.29, 1.82) is 0 Å². The molecule has 2 N–H and O–H groups in total. The minimum absolute atomic E-state index is 0.133. The highest BCUT2D eigenvalue weighted by Crippen LogP contribution is 2.18. The average molecular weight is 270 g/mol. The number of rotatable bonds is 7. The third kappa shape index (κ3) is 7.38. The minimum atomic E-state index is -0.925. The van der Waals surface area contributed by atoms with Gasteiger partial charge in [-0.15, -0.1) is 0 Å². The Balaban J connectivity index is 0.000000191. The van der Waals surface area contributed by atoms with Crippen molar-refractivity contribution in [3.05, 3.63) is 24.3 Å². The van der Waals surface area contributed by atoms with Crippen molar-refractivity contribution < 1.29 is 29.3 Å². The Kier molecular flexibility index (Phi) is 5.72. The zero-order valence-electron chi connectivity index (χ0n) is 10.6. The van der Waals surface area contributed by atoms with Gasteiger partial charge in [0.15, 0.2) is 0 Å². The van der Waals surface area contributed by atoms with Crippen LogP contribution in [0, 0.1) is 0 Å². The van der Waals surface area contributed by atoms with E-state index in [9.17, 15) is 9.59 Å². The molecule has 2 atom stereocenters. The van der Waals surface area contributed by atoms with Crippen LogP contribution in [-0.4, -0.2) is 47.6 Å². The fraction of sp³-hybridized carbons (Fsp3) is 0.538. The zero-order valence-corrected chi connectivity index (χ0v) is 10.6. The maximum Gasteiger partial charge on any atom is 0.331 e. The quantitative estimate of drug-likeness (QED) is 0.533. The number of carboxylic acid groups (broad SMARTS) is 2. The van der Waals surface area contributed by atoms with Gasteiger partial charge >= 0.3 is 11.9 Å². The SMILES string of the molecule is C=C(CC1CO1)C(=O)O.C=C(CCC1CO1)C(=O)O. The minimum Gasteiger partial charge on any atom is -0.478 e. The van der Waals surface area contributed by atoms with E-state index in [0.29, 0.717) is 25.6 Å². The van der Waals surface area contributed by atoms with Gasteiger partial charge in [0, 0.05) is 17.6 Å². The van der Waals surface area contributed by atoms with Crippen molar-refractivity contribution in [2.45, 2.75) is 31.5 Å². The summed E-state index contributed by atoms with van der Waals surface area (Å²) in [5.41, 5.74) is 0.507. The molecule has 6 nitrogen and oxygen atoms in total. The van der Waals surface area contributed by atoms with Crippen LogP contribution in [0.15, 0.2) is 24.3 Å². The summed E-state index contributed by atoms with van der Waals surface area (Å²) in [5.74, 6) is -1.83. The van der Waals surface area contributed by atoms with E-state index in [1.807, 2.05) is 0 Å². The largest absolute Gasteiger partial charge is 0.478 e. The van der Waals surface area contributed by atoms with E-state index in [0.717, 1.165) is 13.0 Å². The van der Waals surface area contributed by atoms with Crippen LogP contribution in [0.25, 0.3) is 0 Å². The van der Waals surface area contributed by atoms with Gasteiger partial charge in [-0.1, -0.05) is 13.2 Å². The molecule has 0 aliphatic carbocycles. The van der Waals surface area contributed by atoms with E-state index in [4.69, 9.17) is 19.7 Å². The van der Waals surface area contributed by atoms with Crippen LogP contribution in [0.2, 0.25) is 0 Å². The van der Waals surface area contributed by atoms with Crippen LogP contribution in [0.1, 0.15) is 19.3 Å². The van der Waals surface area contributed by atoms with Crippen molar-refractivity contribution >= 4 is 11.9 Å². The Morgan fingerprint density at radius 1 is 1.00 bits per heavy atom.